The largest absolute Gasteiger partial charge is 0.313 e. The van der Waals surface area contributed by atoms with E-state index in [0.29, 0.717) is 10.8 Å². The van der Waals surface area contributed by atoms with Crippen LogP contribution >= 0.6 is 11.8 Å². The van der Waals surface area contributed by atoms with Crippen molar-refractivity contribution in [2.75, 3.05) is 12.3 Å². The topological polar surface area (TPSA) is 29.9 Å². The Morgan fingerprint density at radius 3 is 2.68 bits per heavy atom. The van der Waals surface area contributed by atoms with Crippen LogP contribution in [-0.4, -0.2) is 32.9 Å². The lowest BCUT2D eigenvalue weighted by Gasteiger charge is -2.23. The summed E-state index contributed by atoms with van der Waals surface area (Å²) in [5.41, 5.74) is 1.34. The van der Waals surface area contributed by atoms with Gasteiger partial charge in [0.15, 0.2) is 0 Å². The van der Waals surface area contributed by atoms with Crippen molar-refractivity contribution in [3.05, 3.63) is 18.0 Å². The van der Waals surface area contributed by atoms with E-state index in [0.717, 1.165) is 13.0 Å². The van der Waals surface area contributed by atoms with Gasteiger partial charge >= 0.3 is 0 Å². The second kappa shape index (κ2) is 7.95. The van der Waals surface area contributed by atoms with Gasteiger partial charge in [-0.25, -0.2) is 0 Å². The molecular formula is C15H29N3S. The highest BCUT2D eigenvalue weighted by atomic mass is 32.2. The molecule has 0 aliphatic heterocycles. The molecule has 0 saturated heterocycles. The highest BCUT2D eigenvalue weighted by Crippen LogP contribution is 2.24. The van der Waals surface area contributed by atoms with Gasteiger partial charge in [0.05, 0.1) is 6.20 Å². The lowest BCUT2D eigenvalue weighted by Crippen LogP contribution is -2.33. The van der Waals surface area contributed by atoms with E-state index in [4.69, 9.17) is 0 Å². The fourth-order valence-corrected chi connectivity index (χ4v) is 2.87. The molecule has 1 rings (SSSR count). The monoisotopic (exact) mass is 283 g/mol. The molecule has 1 aromatic heterocycles. The Labute approximate surface area is 122 Å². The fourth-order valence-electron chi connectivity index (χ4n) is 1.89. The molecule has 0 aliphatic carbocycles. The number of nitrogens with zero attached hydrogens (tertiary/aromatic N) is 2. The van der Waals surface area contributed by atoms with Gasteiger partial charge < -0.3 is 5.32 Å². The van der Waals surface area contributed by atoms with E-state index in [1.807, 2.05) is 29.7 Å². The molecule has 1 N–H and O–H groups in total. The number of rotatable bonds is 8. The van der Waals surface area contributed by atoms with Gasteiger partial charge in [-0.2, -0.15) is 16.9 Å². The Hall–Kier alpha value is -0.480. The molecule has 1 atom stereocenters. The van der Waals surface area contributed by atoms with Crippen LogP contribution in [-0.2, 0) is 13.5 Å². The van der Waals surface area contributed by atoms with Crippen LogP contribution in [0.5, 0.6) is 0 Å². The summed E-state index contributed by atoms with van der Waals surface area (Å²) in [5, 5.41) is 7.90. The van der Waals surface area contributed by atoms with Gasteiger partial charge in [-0.05, 0) is 31.4 Å². The molecule has 1 aromatic rings. The third-order valence-corrected chi connectivity index (χ3v) is 4.38. The summed E-state index contributed by atoms with van der Waals surface area (Å²) in [5.74, 6) is 1.18. The molecule has 19 heavy (non-hydrogen) atoms. The lowest BCUT2D eigenvalue weighted by molar-refractivity contribution is 0.518. The van der Waals surface area contributed by atoms with Crippen molar-refractivity contribution in [2.45, 2.75) is 57.7 Å². The number of thioether (sulfide) groups is 1. The minimum absolute atomic E-state index is 0.348. The fraction of sp³-hybridized carbons (Fsp3) is 0.800. The zero-order valence-corrected chi connectivity index (χ0v) is 13.9. The van der Waals surface area contributed by atoms with Crippen molar-refractivity contribution in [2.24, 2.45) is 7.05 Å². The SMILES string of the molecule is CCCNC(CCc1cnn(C)c1)CSC(C)(C)C. The molecule has 0 spiro atoms. The molecule has 0 amide bonds. The maximum absolute atomic E-state index is 4.23. The molecule has 3 nitrogen and oxygen atoms in total. The quantitative estimate of drug-likeness (QED) is 0.794. The van der Waals surface area contributed by atoms with Crippen LogP contribution in [0, 0.1) is 0 Å². The summed E-state index contributed by atoms with van der Waals surface area (Å²) >= 11 is 2.05. The van der Waals surface area contributed by atoms with Gasteiger partial charge in [-0.3, -0.25) is 4.68 Å². The number of hydrogen-bond acceptors (Lipinski definition) is 3. The van der Waals surface area contributed by atoms with E-state index >= 15 is 0 Å². The van der Waals surface area contributed by atoms with E-state index in [1.165, 1.54) is 24.2 Å². The Kier molecular flexibility index (Phi) is 6.94. The Bertz CT molecular complexity index is 355. The van der Waals surface area contributed by atoms with E-state index in [1.54, 1.807) is 0 Å². The number of aryl methyl sites for hydroxylation is 2. The molecular weight excluding hydrogens is 254 g/mol. The van der Waals surface area contributed by atoms with Crippen LogP contribution in [0.25, 0.3) is 0 Å². The summed E-state index contributed by atoms with van der Waals surface area (Å²) in [6, 6.07) is 0.601. The highest BCUT2D eigenvalue weighted by molar-refractivity contribution is 8.00. The van der Waals surface area contributed by atoms with E-state index < -0.39 is 0 Å². The van der Waals surface area contributed by atoms with Crippen LogP contribution < -0.4 is 5.32 Å². The predicted octanol–water partition coefficient (Wildman–Crippen LogP) is 3.25. The zero-order valence-electron chi connectivity index (χ0n) is 13.1. The van der Waals surface area contributed by atoms with Crippen LogP contribution in [0.4, 0.5) is 0 Å². The maximum Gasteiger partial charge on any atom is 0.0521 e. The first-order valence-corrected chi connectivity index (χ1v) is 8.24. The van der Waals surface area contributed by atoms with Crippen molar-refractivity contribution in [3.8, 4) is 0 Å². The average Bonchev–Trinajstić information content (AvgIpc) is 2.73. The first kappa shape index (κ1) is 16.6. The Morgan fingerprint density at radius 2 is 2.16 bits per heavy atom. The standard InChI is InChI=1S/C15H29N3S/c1-6-9-16-14(12-19-15(2,3)4)8-7-13-10-17-18(5)11-13/h10-11,14,16H,6-9,12H2,1-5H3. The molecule has 110 valence electrons. The van der Waals surface area contributed by atoms with Crippen LogP contribution in [0.2, 0.25) is 0 Å². The second-order valence-electron chi connectivity index (χ2n) is 6.14. The van der Waals surface area contributed by atoms with Crippen LogP contribution in [0.1, 0.15) is 46.1 Å². The van der Waals surface area contributed by atoms with E-state index in [9.17, 15) is 0 Å². The maximum atomic E-state index is 4.23. The Balaban J connectivity index is 2.40. The zero-order chi connectivity index (χ0) is 14.3. The van der Waals surface area contributed by atoms with Crippen LogP contribution in [0.15, 0.2) is 12.4 Å². The van der Waals surface area contributed by atoms with E-state index in [2.05, 4.69) is 44.3 Å². The van der Waals surface area contributed by atoms with Gasteiger partial charge in [0, 0.05) is 29.8 Å². The third kappa shape index (κ3) is 7.63. The summed E-state index contributed by atoms with van der Waals surface area (Å²) in [6.07, 6.45) is 7.60. The van der Waals surface area contributed by atoms with E-state index in [-0.39, 0.29) is 0 Å². The molecule has 0 saturated carbocycles. The molecule has 0 fully saturated rings. The van der Waals surface area contributed by atoms with Gasteiger partial charge in [-0.1, -0.05) is 27.7 Å². The summed E-state index contributed by atoms with van der Waals surface area (Å²) in [7, 11) is 1.98. The second-order valence-corrected chi connectivity index (χ2v) is 7.98. The molecule has 1 unspecified atom stereocenters. The van der Waals surface area contributed by atoms with Crippen molar-refractivity contribution < 1.29 is 0 Å². The van der Waals surface area contributed by atoms with Gasteiger partial charge in [0.1, 0.15) is 0 Å². The normalized spacial score (nSPS) is 13.7. The summed E-state index contributed by atoms with van der Waals surface area (Å²) in [4.78, 5) is 0. The summed E-state index contributed by atoms with van der Waals surface area (Å²) in [6.45, 7) is 10.2. The van der Waals surface area contributed by atoms with Gasteiger partial charge in [0.25, 0.3) is 0 Å². The van der Waals surface area contributed by atoms with Crippen molar-refractivity contribution >= 4 is 11.8 Å². The number of nitrogens with one attached hydrogen (secondary N) is 1. The predicted molar refractivity (Wildman–Crippen MR) is 85.8 cm³/mol. The average molecular weight is 283 g/mol. The van der Waals surface area contributed by atoms with Crippen LogP contribution in [0.3, 0.4) is 0 Å². The highest BCUT2D eigenvalue weighted by Gasteiger charge is 2.15. The number of aromatic nitrogens is 2. The van der Waals surface area contributed by atoms with Crippen molar-refractivity contribution in [1.82, 2.24) is 15.1 Å². The minimum atomic E-state index is 0.348. The third-order valence-electron chi connectivity index (χ3n) is 2.94. The molecule has 1 heterocycles. The van der Waals surface area contributed by atoms with Crippen molar-refractivity contribution in [3.63, 3.8) is 0 Å². The Morgan fingerprint density at radius 1 is 1.42 bits per heavy atom. The molecule has 0 aromatic carbocycles. The molecule has 4 heteroatoms. The van der Waals surface area contributed by atoms with Crippen molar-refractivity contribution in [1.29, 1.82) is 0 Å². The van der Waals surface area contributed by atoms with Gasteiger partial charge in [0.2, 0.25) is 0 Å². The molecule has 0 bridgehead atoms. The molecule has 0 aliphatic rings. The summed E-state index contributed by atoms with van der Waals surface area (Å²) < 4.78 is 2.23. The number of hydrogen-bond donors (Lipinski definition) is 1. The molecule has 0 radical (unpaired) electrons. The minimum Gasteiger partial charge on any atom is -0.313 e. The first-order valence-electron chi connectivity index (χ1n) is 7.25. The smallest absolute Gasteiger partial charge is 0.0521 e. The first-order chi connectivity index (χ1) is 8.90. The lowest BCUT2D eigenvalue weighted by atomic mass is 10.1. The van der Waals surface area contributed by atoms with Gasteiger partial charge in [-0.15, -0.1) is 0 Å².